The number of hydrogen-bond acceptors (Lipinski definition) is 2. The predicted molar refractivity (Wildman–Crippen MR) is 137 cm³/mol. The number of hydrogen-bond donors (Lipinski definition) is 0. The number of allylic oxidation sites excluding steroid dienone is 3. The molecular formula is C30H39NO. The van der Waals surface area contributed by atoms with Crippen LogP contribution in [0.4, 0.5) is 0 Å². The lowest BCUT2D eigenvalue weighted by Gasteiger charge is -2.28. The SMILES string of the molecule is C=C(CC(c1ccccc1)C(C#N)c1ccccc1)C1=C(C)C(C)CCC1=O.CC.CC. The zero-order chi connectivity index (χ0) is 24.1. The molecule has 0 bridgehead atoms. The normalized spacial score (nSPS) is 17.0. The fourth-order valence-corrected chi connectivity index (χ4v) is 4.18. The summed E-state index contributed by atoms with van der Waals surface area (Å²) in [5.41, 5.74) is 4.92. The molecule has 0 N–H and O–H groups in total. The van der Waals surface area contributed by atoms with Crippen molar-refractivity contribution in [2.45, 2.75) is 72.6 Å². The molecule has 0 aliphatic heterocycles. The van der Waals surface area contributed by atoms with E-state index in [1.165, 1.54) is 0 Å². The molecule has 170 valence electrons. The zero-order valence-electron chi connectivity index (χ0n) is 20.7. The van der Waals surface area contributed by atoms with Crippen LogP contribution in [-0.4, -0.2) is 5.78 Å². The summed E-state index contributed by atoms with van der Waals surface area (Å²) in [6, 6.07) is 22.5. The van der Waals surface area contributed by atoms with Crippen LogP contribution in [0.25, 0.3) is 0 Å². The Labute approximate surface area is 195 Å². The van der Waals surface area contributed by atoms with Crippen LogP contribution >= 0.6 is 0 Å². The van der Waals surface area contributed by atoms with E-state index >= 15 is 0 Å². The van der Waals surface area contributed by atoms with Crippen LogP contribution in [-0.2, 0) is 4.79 Å². The van der Waals surface area contributed by atoms with Crippen molar-refractivity contribution in [3.63, 3.8) is 0 Å². The van der Waals surface area contributed by atoms with Gasteiger partial charge in [0.2, 0.25) is 0 Å². The van der Waals surface area contributed by atoms with Crippen LogP contribution in [0.2, 0.25) is 0 Å². The number of carbonyl (C=O) groups excluding carboxylic acids is 1. The highest BCUT2D eigenvalue weighted by Gasteiger charge is 2.30. The van der Waals surface area contributed by atoms with Crippen LogP contribution in [0.5, 0.6) is 0 Å². The summed E-state index contributed by atoms with van der Waals surface area (Å²) in [5.74, 6) is 0.255. The molecule has 0 fully saturated rings. The summed E-state index contributed by atoms with van der Waals surface area (Å²) in [6.07, 6.45) is 2.10. The second-order valence-electron chi connectivity index (χ2n) is 7.76. The molecule has 2 nitrogen and oxygen atoms in total. The largest absolute Gasteiger partial charge is 0.294 e. The van der Waals surface area contributed by atoms with Crippen molar-refractivity contribution in [2.24, 2.45) is 5.92 Å². The van der Waals surface area contributed by atoms with E-state index in [1.54, 1.807) is 0 Å². The van der Waals surface area contributed by atoms with Gasteiger partial charge in [0.15, 0.2) is 5.78 Å². The Morgan fingerprint density at radius 1 is 1.00 bits per heavy atom. The Hall–Kier alpha value is -2.92. The maximum atomic E-state index is 12.6. The Morgan fingerprint density at radius 2 is 1.50 bits per heavy atom. The zero-order valence-corrected chi connectivity index (χ0v) is 20.7. The minimum Gasteiger partial charge on any atom is -0.294 e. The molecule has 0 radical (unpaired) electrons. The molecule has 3 unspecified atom stereocenters. The Balaban J connectivity index is 0.00000121. The molecule has 3 rings (SSSR count). The maximum absolute atomic E-state index is 12.6. The molecule has 0 aromatic heterocycles. The van der Waals surface area contributed by atoms with Gasteiger partial charge in [-0.3, -0.25) is 4.79 Å². The van der Waals surface area contributed by atoms with Crippen molar-refractivity contribution in [3.05, 3.63) is 95.1 Å². The van der Waals surface area contributed by atoms with E-state index in [9.17, 15) is 10.1 Å². The monoisotopic (exact) mass is 429 g/mol. The van der Waals surface area contributed by atoms with E-state index in [4.69, 9.17) is 0 Å². The molecule has 0 spiro atoms. The molecule has 2 aromatic rings. The van der Waals surface area contributed by atoms with Crippen molar-refractivity contribution in [2.75, 3.05) is 0 Å². The van der Waals surface area contributed by atoms with E-state index in [2.05, 4.69) is 38.6 Å². The van der Waals surface area contributed by atoms with Gasteiger partial charge in [0.25, 0.3) is 0 Å². The number of benzene rings is 2. The minimum absolute atomic E-state index is 0.0496. The fraction of sp³-hybridized carbons (Fsp3) is 0.400. The van der Waals surface area contributed by atoms with Crippen molar-refractivity contribution >= 4 is 5.78 Å². The molecular weight excluding hydrogens is 390 g/mol. The number of rotatable bonds is 6. The van der Waals surface area contributed by atoms with E-state index in [1.807, 2.05) is 76.2 Å². The molecule has 1 aliphatic carbocycles. The summed E-state index contributed by atoms with van der Waals surface area (Å²) in [6.45, 7) is 16.5. The van der Waals surface area contributed by atoms with Crippen molar-refractivity contribution in [1.82, 2.24) is 0 Å². The third-order valence-electron chi connectivity index (χ3n) is 5.96. The van der Waals surface area contributed by atoms with E-state index in [-0.39, 0.29) is 17.6 Å². The second-order valence-corrected chi connectivity index (χ2v) is 7.76. The van der Waals surface area contributed by atoms with Crippen LogP contribution in [0.15, 0.2) is 84.0 Å². The Morgan fingerprint density at radius 3 is 2.00 bits per heavy atom. The van der Waals surface area contributed by atoms with Crippen LogP contribution in [0.3, 0.4) is 0 Å². The van der Waals surface area contributed by atoms with Gasteiger partial charge in [0.1, 0.15) is 0 Å². The van der Waals surface area contributed by atoms with Gasteiger partial charge in [-0.15, -0.1) is 0 Å². The van der Waals surface area contributed by atoms with Crippen LogP contribution < -0.4 is 0 Å². The third kappa shape index (κ3) is 6.79. The summed E-state index contributed by atoms with van der Waals surface area (Å²) < 4.78 is 0. The number of ketones is 1. The fourth-order valence-electron chi connectivity index (χ4n) is 4.18. The highest BCUT2D eigenvalue weighted by atomic mass is 16.1. The van der Waals surface area contributed by atoms with Crippen molar-refractivity contribution in [1.29, 1.82) is 5.26 Å². The molecule has 2 aromatic carbocycles. The van der Waals surface area contributed by atoms with Crippen LogP contribution in [0.1, 0.15) is 83.8 Å². The number of nitriles is 1. The summed E-state index contributed by atoms with van der Waals surface area (Å²) in [7, 11) is 0. The lowest BCUT2D eigenvalue weighted by molar-refractivity contribution is -0.116. The van der Waals surface area contributed by atoms with E-state index in [0.29, 0.717) is 18.8 Å². The van der Waals surface area contributed by atoms with E-state index in [0.717, 1.165) is 34.3 Å². The standard InChI is InChI=1S/C26H27NO.2C2H6/c1-18-14-15-25(28)26(20(18)3)19(2)16-23(21-10-6-4-7-11-21)24(17-27)22-12-8-5-9-13-22;2*1-2/h4-13,18,23-24H,2,14-16H2,1,3H3;2*1-2H3. The average molecular weight is 430 g/mol. The van der Waals surface area contributed by atoms with Gasteiger partial charge >= 0.3 is 0 Å². The number of carbonyl (C=O) groups is 1. The van der Waals surface area contributed by atoms with Crippen molar-refractivity contribution in [3.8, 4) is 6.07 Å². The molecule has 0 heterocycles. The summed E-state index contributed by atoms with van der Waals surface area (Å²) in [5, 5.41) is 10.0. The minimum atomic E-state index is -0.294. The lowest BCUT2D eigenvalue weighted by atomic mass is 9.74. The quantitative estimate of drug-likeness (QED) is 0.462. The van der Waals surface area contributed by atoms with Gasteiger partial charge < -0.3 is 0 Å². The van der Waals surface area contributed by atoms with Gasteiger partial charge in [0, 0.05) is 17.9 Å². The number of nitrogens with zero attached hydrogens (tertiary/aromatic N) is 1. The van der Waals surface area contributed by atoms with Crippen LogP contribution in [0, 0.1) is 17.2 Å². The molecule has 0 saturated heterocycles. The maximum Gasteiger partial charge on any atom is 0.163 e. The highest BCUT2D eigenvalue weighted by molar-refractivity contribution is 6.01. The second kappa shape index (κ2) is 14.2. The van der Waals surface area contributed by atoms with Crippen molar-refractivity contribution < 1.29 is 4.79 Å². The van der Waals surface area contributed by atoms with Gasteiger partial charge in [-0.05, 0) is 42.4 Å². The first-order valence-corrected chi connectivity index (χ1v) is 11.9. The molecule has 32 heavy (non-hydrogen) atoms. The first-order chi connectivity index (χ1) is 15.5. The third-order valence-corrected chi connectivity index (χ3v) is 5.96. The first-order valence-electron chi connectivity index (χ1n) is 11.9. The average Bonchev–Trinajstić information content (AvgIpc) is 2.85. The molecule has 0 amide bonds. The van der Waals surface area contributed by atoms with Gasteiger partial charge in [-0.2, -0.15) is 5.26 Å². The molecule has 3 atom stereocenters. The van der Waals surface area contributed by atoms with Gasteiger partial charge in [0.05, 0.1) is 12.0 Å². The highest BCUT2D eigenvalue weighted by Crippen LogP contribution is 2.40. The van der Waals surface area contributed by atoms with E-state index < -0.39 is 0 Å². The molecule has 0 saturated carbocycles. The molecule has 1 aliphatic rings. The summed E-state index contributed by atoms with van der Waals surface area (Å²) >= 11 is 0. The molecule has 2 heteroatoms. The van der Waals surface area contributed by atoms with Gasteiger partial charge in [-0.25, -0.2) is 0 Å². The topological polar surface area (TPSA) is 40.9 Å². The smallest absolute Gasteiger partial charge is 0.163 e. The Bertz CT molecular complexity index is 918. The van der Waals surface area contributed by atoms with Gasteiger partial charge in [-0.1, -0.05) is 107 Å². The first kappa shape index (κ1) is 27.1. The number of Topliss-reactive ketones (excluding diaryl/α,β-unsaturated/α-hetero) is 1. The Kier molecular flexibility index (Phi) is 12.0. The lowest BCUT2D eigenvalue weighted by Crippen LogP contribution is -2.19. The predicted octanol–water partition coefficient (Wildman–Crippen LogP) is 8.39. The summed E-state index contributed by atoms with van der Waals surface area (Å²) in [4.78, 5) is 12.6.